The Morgan fingerprint density at radius 2 is 1.86 bits per heavy atom. The second-order valence-electron chi connectivity index (χ2n) is 5.59. The number of rotatable bonds is 5. The first-order valence-corrected chi connectivity index (χ1v) is 7.19. The van der Waals surface area contributed by atoms with E-state index in [-0.39, 0.29) is 24.3 Å². The van der Waals surface area contributed by atoms with E-state index in [1.165, 1.54) is 12.1 Å². The molecule has 112 valence electrons. The fourth-order valence-corrected chi connectivity index (χ4v) is 2.41. The molecule has 0 bridgehead atoms. The highest BCUT2D eigenvalue weighted by Crippen LogP contribution is 2.19. The van der Waals surface area contributed by atoms with Crippen LogP contribution in [0.3, 0.4) is 0 Å². The Labute approximate surface area is 122 Å². The van der Waals surface area contributed by atoms with Crippen molar-refractivity contribution in [3.8, 4) is 0 Å². The molecule has 0 spiro atoms. The Morgan fingerprint density at radius 3 is 2.52 bits per heavy atom. The van der Waals surface area contributed by atoms with E-state index in [0.717, 1.165) is 18.4 Å². The lowest BCUT2D eigenvalue weighted by atomic mass is 10.2. The third-order valence-corrected chi connectivity index (χ3v) is 3.74. The maximum atomic E-state index is 12.9. The van der Waals surface area contributed by atoms with E-state index in [9.17, 15) is 14.0 Å². The summed E-state index contributed by atoms with van der Waals surface area (Å²) in [5.74, 6) is -0.376. The molecule has 1 saturated carbocycles. The number of hydrogen-bond acceptors (Lipinski definition) is 2. The van der Waals surface area contributed by atoms with E-state index >= 15 is 0 Å². The first-order chi connectivity index (χ1) is 10.1. The van der Waals surface area contributed by atoms with Gasteiger partial charge in [-0.05, 0) is 30.5 Å². The minimum atomic E-state index is -0.287. The molecular formula is C15H18FN3O2. The van der Waals surface area contributed by atoms with Crippen molar-refractivity contribution in [1.29, 1.82) is 0 Å². The van der Waals surface area contributed by atoms with E-state index in [1.54, 1.807) is 21.9 Å². The van der Waals surface area contributed by atoms with E-state index in [1.807, 2.05) is 0 Å². The van der Waals surface area contributed by atoms with E-state index in [2.05, 4.69) is 5.32 Å². The summed E-state index contributed by atoms with van der Waals surface area (Å²) in [5.41, 5.74) is 0.883. The quantitative estimate of drug-likeness (QED) is 0.890. The van der Waals surface area contributed by atoms with Crippen molar-refractivity contribution in [1.82, 2.24) is 15.1 Å². The molecule has 1 aromatic carbocycles. The zero-order valence-electron chi connectivity index (χ0n) is 11.7. The van der Waals surface area contributed by atoms with Gasteiger partial charge in [-0.25, -0.2) is 9.18 Å². The molecule has 2 fully saturated rings. The van der Waals surface area contributed by atoms with Gasteiger partial charge >= 0.3 is 6.03 Å². The number of amides is 3. The number of carbonyl (C=O) groups is 2. The first kappa shape index (κ1) is 13.9. The number of carbonyl (C=O) groups excluding carboxylic acids is 2. The predicted molar refractivity (Wildman–Crippen MR) is 74.9 cm³/mol. The summed E-state index contributed by atoms with van der Waals surface area (Å²) in [7, 11) is 0. The second kappa shape index (κ2) is 5.71. The van der Waals surface area contributed by atoms with Crippen molar-refractivity contribution in [3.05, 3.63) is 35.6 Å². The number of urea groups is 1. The van der Waals surface area contributed by atoms with Crippen LogP contribution in [0.25, 0.3) is 0 Å². The fourth-order valence-electron chi connectivity index (χ4n) is 2.41. The molecule has 1 N–H and O–H groups in total. The van der Waals surface area contributed by atoms with Crippen molar-refractivity contribution in [3.63, 3.8) is 0 Å². The zero-order valence-corrected chi connectivity index (χ0v) is 11.7. The van der Waals surface area contributed by atoms with Gasteiger partial charge in [-0.1, -0.05) is 12.1 Å². The van der Waals surface area contributed by atoms with Gasteiger partial charge in [0.05, 0.1) is 0 Å². The van der Waals surface area contributed by atoms with Crippen LogP contribution in [0.2, 0.25) is 0 Å². The summed E-state index contributed by atoms with van der Waals surface area (Å²) >= 11 is 0. The third kappa shape index (κ3) is 3.51. The number of hydrogen-bond donors (Lipinski definition) is 1. The van der Waals surface area contributed by atoms with Gasteiger partial charge in [0.1, 0.15) is 12.4 Å². The average Bonchev–Trinajstić information content (AvgIpc) is 3.21. The molecule has 0 aromatic heterocycles. The fraction of sp³-hybridized carbons (Fsp3) is 0.467. The first-order valence-electron chi connectivity index (χ1n) is 7.19. The third-order valence-electron chi connectivity index (χ3n) is 3.74. The summed E-state index contributed by atoms with van der Waals surface area (Å²) in [6.07, 6.45) is 2.08. The Morgan fingerprint density at radius 1 is 1.19 bits per heavy atom. The van der Waals surface area contributed by atoms with Gasteiger partial charge in [0, 0.05) is 25.7 Å². The van der Waals surface area contributed by atoms with Crippen molar-refractivity contribution in [2.45, 2.75) is 25.4 Å². The molecule has 0 unspecified atom stereocenters. The average molecular weight is 291 g/mol. The number of halogens is 1. The molecule has 2 aliphatic rings. The monoisotopic (exact) mass is 291 g/mol. The molecule has 3 amide bonds. The van der Waals surface area contributed by atoms with E-state index in [0.29, 0.717) is 25.7 Å². The van der Waals surface area contributed by atoms with Crippen LogP contribution in [-0.2, 0) is 11.3 Å². The molecule has 5 nitrogen and oxygen atoms in total. The van der Waals surface area contributed by atoms with Gasteiger partial charge in [0.25, 0.3) is 0 Å². The minimum Gasteiger partial charge on any atom is -0.352 e. The van der Waals surface area contributed by atoms with Crippen molar-refractivity contribution in [2.24, 2.45) is 0 Å². The summed E-state index contributed by atoms with van der Waals surface area (Å²) in [5, 5.41) is 2.88. The van der Waals surface area contributed by atoms with Crippen molar-refractivity contribution in [2.75, 3.05) is 19.6 Å². The molecule has 1 aromatic rings. The number of benzene rings is 1. The lowest BCUT2D eigenvalue weighted by Crippen LogP contribution is -2.40. The highest BCUT2D eigenvalue weighted by atomic mass is 19.1. The Bertz CT molecular complexity index is 542. The Hall–Kier alpha value is -2.11. The van der Waals surface area contributed by atoms with Gasteiger partial charge in [0.2, 0.25) is 5.91 Å². The summed E-state index contributed by atoms with van der Waals surface area (Å²) in [6.45, 7) is 1.71. The number of nitrogens with zero attached hydrogens (tertiary/aromatic N) is 2. The van der Waals surface area contributed by atoms with Gasteiger partial charge < -0.3 is 15.1 Å². The Balaban J connectivity index is 1.53. The van der Waals surface area contributed by atoms with E-state index < -0.39 is 0 Å². The second-order valence-corrected chi connectivity index (χ2v) is 5.59. The van der Waals surface area contributed by atoms with Crippen LogP contribution in [0.15, 0.2) is 24.3 Å². The predicted octanol–water partition coefficient (Wildman–Crippen LogP) is 1.34. The maximum Gasteiger partial charge on any atom is 0.320 e. The van der Waals surface area contributed by atoms with Crippen LogP contribution in [0.1, 0.15) is 18.4 Å². The van der Waals surface area contributed by atoms with Crippen LogP contribution in [0, 0.1) is 5.82 Å². The van der Waals surface area contributed by atoms with E-state index in [4.69, 9.17) is 0 Å². The number of nitrogens with one attached hydrogen (secondary N) is 1. The molecule has 0 atom stereocenters. The van der Waals surface area contributed by atoms with Crippen LogP contribution in [0.4, 0.5) is 9.18 Å². The van der Waals surface area contributed by atoms with Crippen LogP contribution in [-0.4, -0.2) is 47.4 Å². The van der Waals surface area contributed by atoms with Crippen molar-refractivity contribution < 1.29 is 14.0 Å². The van der Waals surface area contributed by atoms with Crippen molar-refractivity contribution >= 4 is 11.9 Å². The summed E-state index contributed by atoms with van der Waals surface area (Å²) in [6, 6.07) is 6.29. The summed E-state index contributed by atoms with van der Waals surface area (Å²) in [4.78, 5) is 27.2. The normalized spacial score (nSPS) is 18.2. The van der Waals surface area contributed by atoms with Crippen LogP contribution < -0.4 is 5.32 Å². The molecule has 21 heavy (non-hydrogen) atoms. The van der Waals surface area contributed by atoms with Gasteiger partial charge in [-0.15, -0.1) is 0 Å². The Kier molecular flexibility index (Phi) is 3.77. The largest absolute Gasteiger partial charge is 0.352 e. The van der Waals surface area contributed by atoms with Crippen LogP contribution in [0.5, 0.6) is 0 Å². The molecule has 1 aliphatic carbocycles. The smallest absolute Gasteiger partial charge is 0.320 e. The molecular weight excluding hydrogens is 273 g/mol. The topological polar surface area (TPSA) is 52.7 Å². The van der Waals surface area contributed by atoms with Gasteiger partial charge in [-0.3, -0.25) is 4.79 Å². The lowest BCUT2D eigenvalue weighted by Gasteiger charge is -2.18. The van der Waals surface area contributed by atoms with Crippen LogP contribution >= 0.6 is 0 Å². The summed E-state index contributed by atoms with van der Waals surface area (Å²) < 4.78 is 12.9. The molecule has 1 heterocycles. The molecule has 0 radical (unpaired) electrons. The van der Waals surface area contributed by atoms with Gasteiger partial charge in [-0.2, -0.15) is 0 Å². The maximum absolute atomic E-state index is 12.9. The SMILES string of the molecule is O=C(CN1CCN(Cc2ccc(F)cc2)C1=O)NC1CC1. The lowest BCUT2D eigenvalue weighted by molar-refractivity contribution is -0.121. The highest BCUT2D eigenvalue weighted by Gasteiger charge is 2.31. The molecule has 1 saturated heterocycles. The molecule has 6 heteroatoms. The van der Waals surface area contributed by atoms with Gasteiger partial charge in [0.15, 0.2) is 0 Å². The standard InChI is InChI=1S/C15H18FN3O2/c16-12-3-1-11(2-4-12)9-18-7-8-19(15(18)21)10-14(20)17-13-5-6-13/h1-4,13H,5-10H2,(H,17,20). The highest BCUT2D eigenvalue weighted by molar-refractivity contribution is 5.85. The zero-order chi connectivity index (χ0) is 14.8. The molecule has 1 aliphatic heterocycles. The molecule has 3 rings (SSSR count). The minimum absolute atomic E-state index is 0.0884.